The zero-order chi connectivity index (χ0) is 15.6. The number of ether oxygens (including phenoxy) is 1. The number of halogens is 3. The van der Waals surface area contributed by atoms with Crippen LogP contribution in [0.5, 0.6) is 0 Å². The molecule has 6 heteroatoms. The molecule has 1 rings (SSSR count). The average molecular weight is 288 g/mol. The topological polar surface area (TPSA) is 43.4 Å². The maximum atomic E-state index is 13.8. The molecule has 0 aliphatic heterocycles. The van der Waals surface area contributed by atoms with Crippen molar-refractivity contribution in [2.75, 3.05) is 6.61 Å². The van der Waals surface area contributed by atoms with E-state index < -0.39 is 28.9 Å². The summed E-state index contributed by atoms with van der Waals surface area (Å²) in [6, 6.07) is 4.59. The minimum atomic E-state index is -4.24. The molecule has 0 spiro atoms. The summed E-state index contributed by atoms with van der Waals surface area (Å²) in [5, 5.41) is 0. The Hall–Kier alpha value is -1.85. The Morgan fingerprint density at radius 1 is 1.15 bits per heavy atom. The number of ketones is 1. The number of esters is 1. The van der Waals surface area contributed by atoms with Gasteiger partial charge in [0.1, 0.15) is 5.82 Å². The highest BCUT2D eigenvalue weighted by Gasteiger charge is 2.54. The van der Waals surface area contributed by atoms with Crippen LogP contribution >= 0.6 is 0 Å². The van der Waals surface area contributed by atoms with E-state index in [1.54, 1.807) is 0 Å². The van der Waals surface area contributed by atoms with Crippen molar-refractivity contribution in [3.63, 3.8) is 0 Å². The molecule has 0 saturated carbocycles. The quantitative estimate of drug-likeness (QED) is 0.618. The lowest BCUT2D eigenvalue weighted by molar-refractivity contribution is -0.178. The van der Waals surface area contributed by atoms with Gasteiger partial charge in [-0.05, 0) is 38.5 Å². The normalized spacial score (nSPS) is 12.1. The zero-order valence-electron chi connectivity index (χ0n) is 11.4. The molecule has 0 fully saturated rings. The van der Waals surface area contributed by atoms with E-state index >= 15 is 0 Å². The molecule has 1 aromatic rings. The van der Waals surface area contributed by atoms with Gasteiger partial charge in [-0.1, -0.05) is 12.1 Å². The monoisotopic (exact) mass is 288 g/mol. The third kappa shape index (κ3) is 3.00. The molecular formula is C14H15F3O3. The molecule has 0 bridgehead atoms. The van der Waals surface area contributed by atoms with Gasteiger partial charge in [0.15, 0.2) is 0 Å². The second kappa shape index (κ2) is 5.64. The van der Waals surface area contributed by atoms with Crippen molar-refractivity contribution in [3.8, 4) is 0 Å². The molecule has 0 aliphatic rings. The van der Waals surface area contributed by atoms with Crippen molar-refractivity contribution >= 4 is 11.8 Å². The summed E-state index contributed by atoms with van der Waals surface area (Å²) < 4.78 is 44.6. The third-order valence-electron chi connectivity index (χ3n) is 2.95. The first-order valence-corrected chi connectivity index (χ1v) is 6.00. The van der Waals surface area contributed by atoms with E-state index in [2.05, 4.69) is 4.74 Å². The number of Topliss-reactive ketones (excluding diaryl/α,β-unsaturated/α-hetero) is 1. The van der Waals surface area contributed by atoms with Crippen LogP contribution < -0.4 is 0 Å². The summed E-state index contributed by atoms with van der Waals surface area (Å²) in [6.45, 7) is 3.60. The number of benzene rings is 1. The van der Waals surface area contributed by atoms with Crippen LogP contribution in [0.15, 0.2) is 24.3 Å². The van der Waals surface area contributed by atoms with Crippen LogP contribution in [0, 0.1) is 5.82 Å². The molecule has 0 radical (unpaired) electrons. The molecule has 0 aromatic heterocycles. The highest BCUT2D eigenvalue weighted by Crippen LogP contribution is 2.32. The first kappa shape index (κ1) is 16.2. The lowest BCUT2D eigenvalue weighted by atomic mass is 9.78. The van der Waals surface area contributed by atoms with Crippen molar-refractivity contribution in [1.82, 2.24) is 0 Å². The maximum absolute atomic E-state index is 13.8. The van der Waals surface area contributed by atoms with Crippen LogP contribution in [0.1, 0.15) is 26.3 Å². The summed E-state index contributed by atoms with van der Waals surface area (Å²) in [6.07, 6.45) is 0. The fourth-order valence-electron chi connectivity index (χ4n) is 1.70. The van der Waals surface area contributed by atoms with Crippen LogP contribution in [0.25, 0.3) is 0 Å². The van der Waals surface area contributed by atoms with Crippen LogP contribution in [-0.4, -0.2) is 24.3 Å². The fraction of sp³-hybridized carbons (Fsp3) is 0.429. The Morgan fingerprint density at radius 2 is 1.65 bits per heavy atom. The van der Waals surface area contributed by atoms with E-state index in [4.69, 9.17) is 0 Å². The second-order valence-corrected chi connectivity index (χ2v) is 4.76. The van der Waals surface area contributed by atoms with Crippen LogP contribution in [0.2, 0.25) is 0 Å². The predicted molar refractivity (Wildman–Crippen MR) is 66.0 cm³/mol. The summed E-state index contributed by atoms with van der Waals surface area (Å²) >= 11 is 0. The maximum Gasteiger partial charge on any atom is 0.400 e. The van der Waals surface area contributed by atoms with Crippen molar-refractivity contribution in [2.24, 2.45) is 0 Å². The lowest BCUT2D eigenvalue weighted by Gasteiger charge is -2.27. The van der Waals surface area contributed by atoms with E-state index in [-0.39, 0.29) is 12.2 Å². The van der Waals surface area contributed by atoms with E-state index in [9.17, 15) is 22.8 Å². The summed E-state index contributed by atoms with van der Waals surface area (Å²) in [7, 11) is 0. The molecule has 0 N–H and O–H groups in total. The van der Waals surface area contributed by atoms with Gasteiger partial charge in [0, 0.05) is 0 Å². The Morgan fingerprint density at radius 3 is 2.10 bits per heavy atom. The second-order valence-electron chi connectivity index (χ2n) is 4.76. The Balaban J connectivity index is 3.11. The van der Waals surface area contributed by atoms with Gasteiger partial charge in [-0.15, -0.1) is 0 Å². The molecule has 0 unspecified atom stereocenters. The van der Waals surface area contributed by atoms with E-state index in [1.165, 1.54) is 32.9 Å². The van der Waals surface area contributed by atoms with Gasteiger partial charge in [0.25, 0.3) is 0 Å². The van der Waals surface area contributed by atoms with Crippen LogP contribution in [0.3, 0.4) is 0 Å². The van der Waals surface area contributed by atoms with Gasteiger partial charge in [0.05, 0.1) is 12.0 Å². The Labute approximate surface area is 114 Å². The first-order valence-electron chi connectivity index (χ1n) is 6.00. The number of hydrogen-bond acceptors (Lipinski definition) is 3. The van der Waals surface area contributed by atoms with E-state index in [0.717, 1.165) is 12.1 Å². The minimum absolute atomic E-state index is 0.188. The van der Waals surface area contributed by atoms with Crippen molar-refractivity contribution in [3.05, 3.63) is 35.6 Å². The number of carbonyl (C=O) groups excluding carboxylic acids is 2. The molecule has 0 heterocycles. The minimum Gasteiger partial charge on any atom is -0.461 e. The summed E-state index contributed by atoms with van der Waals surface area (Å²) in [4.78, 5) is 23.1. The van der Waals surface area contributed by atoms with E-state index in [0.29, 0.717) is 0 Å². The van der Waals surface area contributed by atoms with Gasteiger partial charge in [0.2, 0.25) is 5.78 Å². The zero-order valence-corrected chi connectivity index (χ0v) is 11.4. The number of carbonyl (C=O) groups is 2. The van der Waals surface area contributed by atoms with Gasteiger partial charge in [-0.3, -0.25) is 4.79 Å². The molecule has 0 aliphatic carbocycles. The highest BCUT2D eigenvalue weighted by molar-refractivity contribution is 6.09. The standard InChI is InChI=1S/C14H15F3O3/c1-4-20-12(19)14(16,17)11(18)13(2,3)9-5-7-10(15)8-6-9/h5-8H,4H2,1-3H3. The predicted octanol–water partition coefficient (Wildman–Crippen LogP) is 2.87. The van der Waals surface area contributed by atoms with Gasteiger partial charge >= 0.3 is 11.9 Å². The van der Waals surface area contributed by atoms with Crippen molar-refractivity contribution < 1.29 is 27.5 Å². The fourth-order valence-corrected chi connectivity index (χ4v) is 1.70. The molecule has 110 valence electrons. The molecule has 0 atom stereocenters. The highest BCUT2D eigenvalue weighted by atomic mass is 19.3. The molecular weight excluding hydrogens is 273 g/mol. The molecule has 3 nitrogen and oxygen atoms in total. The largest absolute Gasteiger partial charge is 0.461 e. The van der Waals surface area contributed by atoms with Gasteiger partial charge in [-0.25, -0.2) is 9.18 Å². The summed E-state index contributed by atoms with van der Waals surface area (Å²) in [5.74, 6) is -8.25. The van der Waals surface area contributed by atoms with E-state index in [1.807, 2.05) is 0 Å². The molecule has 0 saturated heterocycles. The average Bonchev–Trinajstić information content (AvgIpc) is 2.38. The van der Waals surface area contributed by atoms with Gasteiger partial charge in [-0.2, -0.15) is 8.78 Å². The number of rotatable bonds is 5. The Kier molecular flexibility index (Phi) is 4.57. The number of hydrogen-bond donors (Lipinski definition) is 0. The van der Waals surface area contributed by atoms with Gasteiger partial charge < -0.3 is 4.74 Å². The molecule has 20 heavy (non-hydrogen) atoms. The van der Waals surface area contributed by atoms with Crippen molar-refractivity contribution in [2.45, 2.75) is 32.1 Å². The SMILES string of the molecule is CCOC(=O)C(F)(F)C(=O)C(C)(C)c1ccc(F)cc1. The Bertz CT molecular complexity index is 507. The van der Waals surface area contributed by atoms with Crippen molar-refractivity contribution in [1.29, 1.82) is 0 Å². The third-order valence-corrected chi connectivity index (χ3v) is 2.95. The summed E-state index contributed by atoms with van der Waals surface area (Å²) in [5.41, 5.74) is -1.46. The lowest BCUT2D eigenvalue weighted by Crippen LogP contribution is -2.48. The molecule has 0 amide bonds. The van der Waals surface area contributed by atoms with Crippen LogP contribution in [0.4, 0.5) is 13.2 Å². The smallest absolute Gasteiger partial charge is 0.400 e. The number of alkyl halides is 2. The molecule has 1 aromatic carbocycles. The first-order chi connectivity index (χ1) is 9.14. The van der Waals surface area contributed by atoms with Crippen LogP contribution in [-0.2, 0) is 19.7 Å².